The number of amides is 3. The summed E-state index contributed by atoms with van der Waals surface area (Å²) in [5.74, 6) is -2.37. The number of hydrogen-bond acceptors (Lipinski definition) is 6. The molecule has 2 heterocycles. The van der Waals surface area contributed by atoms with Crippen molar-refractivity contribution < 1.29 is 23.9 Å². The maximum atomic E-state index is 12.4. The third kappa shape index (κ3) is 3.75. The molecule has 3 amide bonds. The quantitative estimate of drug-likeness (QED) is 0.607. The molecule has 0 aliphatic carbocycles. The molecular weight excluding hydrogens is 368 g/mol. The van der Waals surface area contributed by atoms with E-state index in [0.717, 1.165) is 9.78 Å². The molecular formula is C19H18N2O5S. The lowest BCUT2D eigenvalue weighted by Crippen LogP contribution is -2.44. The van der Waals surface area contributed by atoms with Crippen LogP contribution >= 0.6 is 11.3 Å². The van der Waals surface area contributed by atoms with Gasteiger partial charge in [0.05, 0.1) is 17.2 Å². The van der Waals surface area contributed by atoms with Gasteiger partial charge in [-0.3, -0.25) is 19.3 Å². The third-order valence-corrected chi connectivity index (χ3v) is 5.30. The van der Waals surface area contributed by atoms with Gasteiger partial charge in [0.1, 0.15) is 6.04 Å². The standard InChI is InChI=1S/C19H18N2O5S/c1-11(15-8-5-9-27-15)20-16(22)10-26-19(25)12(2)21-17(23)13-6-3-4-7-14(13)18(21)24/h3-9,11-12H,10H2,1-2H3,(H,20,22)/t11-,12-/m0/s1. The van der Waals surface area contributed by atoms with Crippen molar-refractivity contribution in [3.63, 3.8) is 0 Å². The van der Waals surface area contributed by atoms with Crippen molar-refractivity contribution in [3.8, 4) is 0 Å². The molecule has 1 aromatic carbocycles. The van der Waals surface area contributed by atoms with E-state index in [1.54, 1.807) is 12.1 Å². The molecule has 1 N–H and O–H groups in total. The molecule has 27 heavy (non-hydrogen) atoms. The molecule has 140 valence electrons. The number of benzene rings is 1. The maximum absolute atomic E-state index is 12.4. The largest absolute Gasteiger partial charge is 0.454 e. The Hall–Kier alpha value is -3.00. The van der Waals surface area contributed by atoms with Gasteiger partial charge in [-0.15, -0.1) is 11.3 Å². The molecule has 1 aliphatic heterocycles. The van der Waals surface area contributed by atoms with Gasteiger partial charge in [0.2, 0.25) is 0 Å². The number of carbonyl (C=O) groups excluding carboxylic acids is 4. The highest BCUT2D eigenvalue weighted by molar-refractivity contribution is 7.10. The van der Waals surface area contributed by atoms with Crippen molar-refractivity contribution in [2.45, 2.75) is 25.9 Å². The van der Waals surface area contributed by atoms with Crippen molar-refractivity contribution in [3.05, 3.63) is 57.8 Å². The van der Waals surface area contributed by atoms with Crippen LogP contribution in [0.4, 0.5) is 0 Å². The number of nitrogens with one attached hydrogen (secondary N) is 1. The Morgan fingerprint density at radius 3 is 2.26 bits per heavy atom. The fourth-order valence-corrected chi connectivity index (χ4v) is 3.55. The van der Waals surface area contributed by atoms with Crippen LogP contribution < -0.4 is 5.32 Å². The van der Waals surface area contributed by atoms with Crippen molar-refractivity contribution in [1.29, 1.82) is 0 Å². The summed E-state index contributed by atoms with van der Waals surface area (Å²) in [6.07, 6.45) is 0. The number of ether oxygens (including phenoxy) is 1. The summed E-state index contributed by atoms with van der Waals surface area (Å²) in [6, 6.07) is 8.81. The Bertz CT molecular complexity index is 858. The minimum atomic E-state index is -1.13. The summed E-state index contributed by atoms with van der Waals surface area (Å²) >= 11 is 1.51. The minimum Gasteiger partial charge on any atom is -0.454 e. The van der Waals surface area contributed by atoms with Crippen LogP contribution in [-0.2, 0) is 14.3 Å². The zero-order valence-corrected chi connectivity index (χ0v) is 15.6. The molecule has 0 unspecified atom stereocenters. The fourth-order valence-electron chi connectivity index (χ4n) is 2.81. The van der Waals surface area contributed by atoms with E-state index in [-0.39, 0.29) is 17.2 Å². The normalized spacial score (nSPS) is 15.3. The van der Waals surface area contributed by atoms with E-state index in [1.165, 1.54) is 30.4 Å². The van der Waals surface area contributed by atoms with E-state index < -0.39 is 36.3 Å². The lowest BCUT2D eigenvalue weighted by atomic mass is 10.1. The number of thiophene rings is 1. The SMILES string of the molecule is C[C@H](NC(=O)COC(=O)[C@H](C)N1C(=O)c2ccccc2C1=O)c1cccs1. The summed E-state index contributed by atoms with van der Waals surface area (Å²) in [6.45, 7) is 2.74. The average Bonchev–Trinajstić information content (AvgIpc) is 3.28. The van der Waals surface area contributed by atoms with Gasteiger partial charge in [0.15, 0.2) is 6.61 Å². The lowest BCUT2D eigenvalue weighted by molar-refractivity contribution is -0.152. The highest BCUT2D eigenvalue weighted by atomic mass is 32.1. The van der Waals surface area contributed by atoms with Gasteiger partial charge in [0, 0.05) is 4.88 Å². The average molecular weight is 386 g/mol. The van der Waals surface area contributed by atoms with Gasteiger partial charge < -0.3 is 10.1 Å². The zero-order chi connectivity index (χ0) is 19.6. The summed E-state index contributed by atoms with van der Waals surface area (Å²) in [4.78, 5) is 50.8. The first-order chi connectivity index (χ1) is 12.9. The summed E-state index contributed by atoms with van der Waals surface area (Å²) < 4.78 is 5.00. The van der Waals surface area contributed by atoms with Gasteiger partial charge in [-0.05, 0) is 37.4 Å². The molecule has 7 nitrogen and oxygen atoms in total. The Kier molecular flexibility index (Phi) is 5.36. The van der Waals surface area contributed by atoms with E-state index in [9.17, 15) is 19.2 Å². The summed E-state index contributed by atoms with van der Waals surface area (Å²) in [5.41, 5.74) is 0.509. The van der Waals surface area contributed by atoms with Gasteiger partial charge in [-0.25, -0.2) is 4.79 Å². The van der Waals surface area contributed by atoms with Crippen LogP contribution in [0.1, 0.15) is 45.5 Å². The Morgan fingerprint density at radius 2 is 1.70 bits per heavy atom. The number of hydrogen-bond donors (Lipinski definition) is 1. The zero-order valence-electron chi connectivity index (χ0n) is 14.8. The van der Waals surface area contributed by atoms with E-state index in [2.05, 4.69) is 5.32 Å². The topological polar surface area (TPSA) is 92.8 Å². The second kappa shape index (κ2) is 7.71. The molecule has 8 heteroatoms. The number of nitrogens with zero attached hydrogens (tertiary/aromatic N) is 1. The van der Waals surface area contributed by atoms with Gasteiger partial charge in [-0.1, -0.05) is 18.2 Å². The molecule has 0 saturated carbocycles. The molecule has 2 aromatic rings. The van der Waals surface area contributed by atoms with E-state index in [0.29, 0.717) is 0 Å². The first-order valence-electron chi connectivity index (χ1n) is 8.36. The van der Waals surface area contributed by atoms with Gasteiger partial charge >= 0.3 is 5.97 Å². The first kappa shape index (κ1) is 18.8. The Balaban J connectivity index is 1.56. The Labute approximate surface area is 159 Å². The van der Waals surface area contributed by atoms with Crippen LogP contribution in [0.2, 0.25) is 0 Å². The number of fused-ring (bicyclic) bond motifs is 1. The van der Waals surface area contributed by atoms with Gasteiger partial charge in [0.25, 0.3) is 17.7 Å². The predicted molar refractivity (Wildman–Crippen MR) is 98.2 cm³/mol. The van der Waals surface area contributed by atoms with Crippen LogP contribution in [0.3, 0.4) is 0 Å². The predicted octanol–water partition coefficient (Wildman–Crippen LogP) is 2.15. The third-order valence-electron chi connectivity index (χ3n) is 4.25. The summed E-state index contributed by atoms with van der Waals surface area (Å²) in [5, 5.41) is 4.63. The van der Waals surface area contributed by atoms with E-state index in [4.69, 9.17) is 4.74 Å². The highest BCUT2D eigenvalue weighted by Crippen LogP contribution is 2.24. The molecule has 0 fully saturated rings. The molecule has 0 radical (unpaired) electrons. The molecule has 3 rings (SSSR count). The first-order valence-corrected chi connectivity index (χ1v) is 9.24. The number of imide groups is 1. The molecule has 0 bridgehead atoms. The summed E-state index contributed by atoms with van der Waals surface area (Å²) in [7, 11) is 0. The maximum Gasteiger partial charge on any atom is 0.329 e. The second-order valence-corrected chi connectivity index (χ2v) is 7.09. The van der Waals surface area contributed by atoms with Crippen LogP contribution in [0.15, 0.2) is 41.8 Å². The molecule has 1 aliphatic rings. The highest BCUT2D eigenvalue weighted by Gasteiger charge is 2.41. The molecule has 0 saturated heterocycles. The fraction of sp³-hybridized carbons (Fsp3) is 0.263. The number of esters is 1. The van der Waals surface area contributed by atoms with Crippen molar-refractivity contribution in [1.82, 2.24) is 10.2 Å². The van der Waals surface area contributed by atoms with E-state index >= 15 is 0 Å². The second-order valence-electron chi connectivity index (χ2n) is 6.11. The monoisotopic (exact) mass is 386 g/mol. The minimum absolute atomic E-state index is 0.204. The molecule has 2 atom stereocenters. The Morgan fingerprint density at radius 1 is 1.07 bits per heavy atom. The lowest BCUT2D eigenvalue weighted by Gasteiger charge is -2.21. The van der Waals surface area contributed by atoms with Crippen molar-refractivity contribution >= 4 is 35.0 Å². The van der Waals surface area contributed by atoms with E-state index in [1.807, 2.05) is 24.4 Å². The van der Waals surface area contributed by atoms with Crippen LogP contribution in [0.5, 0.6) is 0 Å². The van der Waals surface area contributed by atoms with Crippen molar-refractivity contribution in [2.75, 3.05) is 6.61 Å². The molecule has 1 aromatic heterocycles. The van der Waals surface area contributed by atoms with Crippen LogP contribution in [-0.4, -0.2) is 41.2 Å². The van der Waals surface area contributed by atoms with Crippen LogP contribution in [0, 0.1) is 0 Å². The molecule has 0 spiro atoms. The number of rotatable bonds is 6. The smallest absolute Gasteiger partial charge is 0.329 e. The van der Waals surface area contributed by atoms with Crippen molar-refractivity contribution in [2.24, 2.45) is 0 Å². The van der Waals surface area contributed by atoms with Gasteiger partial charge in [-0.2, -0.15) is 0 Å². The number of carbonyl (C=O) groups is 4. The van der Waals surface area contributed by atoms with Crippen LogP contribution in [0.25, 0.3) is 0 Å².